The molecule has 7 N–H and O–H groups in total. The van der Waals surface area contributed by atoms with E-state index in [0.29, 0.717) is 0 Å². The lowest BCUT2D eigenvalue weighted by molar-refractivity contribution is 0.399. The van der Waals surface area contributed by atoms with Crippen molar-refractivity contribution in [3.8, 4) is 0 Å². The van der Waals surface area contributed by atoms with Gasteiger partial charge in [-0.15, -0.1) is 12.4 Å². The van der Waals surface area contributed by atoms with E-state index in [-0.39, 0.29) is 17.9 Å². The van der Waals surface area contributed by atoms with Crippen LogP contribution < -0.4 is 11.7 Å². The van der Waals surface area contributed by atoms with Crippen molar-refractivity contribution in [1.82, 2.24) is 0 Å². The minimum Gasteiger partial charge on any atom is -0.412 e. The Morgan fingerprint density at radius 3 is 1.17 bits per heavy atom. The molecule has 0 saturated carbocycles. The van der Waals surface area contributed by atoms with Gasteiger partial charge in [0.25, 0.3) is 0 Å². The maximum absolute atomic E-state index is 7.00. The number of aliphatic hydroxyl groups excluding tert-OH is 1. The fraction of sp³-hybridized carbons (Fsp3) is 1.00. The molecule has 0 heterocycles. The summed E-state index contributed by atoms with van der Waals surface area (Å²) in [6, 6.07) is 0. The number of rotatable bonds is 0. The van der Waals surface area contributed by atoms with E-state index in [1.54, 1.807) is 0 Å². The van der Waals surface area contributed by atoms with E-state index in [2.05, 4.69) is 11.7 Å². The highest BCUT2D eigenvalue weighted by atomic mass is 35.5. The Kier molecular flexibility index (Phi) is 30700. The Bertz CT molecular complexity index is 11.5. The first-order valence-corrected chi connectivity index (χ1v) is 0.781. The first-order chi connectivity index (χ1) is 2.00. The third-order valence-electron chi connectivity index (χ3n) is 0. The molecule has 0 amide bonds. The molecule has 0 aliphatic carbocycles. The van der Waals surface area contributed by atoms with Gasteiger partial charge in [0.15, 0.2) is 0 Å². The molecular formula is CH11ClN2O2. The second-order valence-corrected chi connectivity index (χ2v) is 0. The van der Waals surface area contributed by atoms with E-state index in [9.17, 15) is 0 Å². The SMILES string of the molecule is CO.Cl.NN.O. The van der Waals surface area contributed by atoms with Gasteiger partial charge in [-0.05, 0) is 0 Å². The van der Waals surface area contributed by atoms with Crippen LogP contribution in [-0.4, -0.2) is 17.7 Å². The molecular weight excluding hydrogens is 107 g/mol. The molecule has 0 aliphatic heterocycles. The molecule has 6 heavy (non-hydrogen) atoms. The zero-order chi connectivity index (χ0) is 4.00. The number of aliphatic hydroxyl groups is 1. The molecule has 0 rings (SSSR count). The Morgan fingerprint density at radius 1 is 1.17 bits per heavy atom. The first kappa shape index (κ1) is 35.6. The van der Waals surface area contributed by atoms with Gasteiger partial charge in [0.1, 0.15) is 0 Å². The van der Waals surface area contributed by atoms with Gasteiger partial charge in [-0.3, -0.25) is 11.7 Å². The maximum atomic E-state index is 7.00. The Labute approximate surface area is 42.8 Å². The first-order valence-electron chi connectivity index (χ1n) is 0.781. The quantitative estimate of drug-likeness (QED) is 0.254. The summed E-state index contributed by atoms with van der Waals surface area (Å²) in [5.74, 6) is 8.00. The van der Waals surface area contributed by atoms with Crippen LogP contribution in [0.2, 0.25) is 0 Å². The molecule has 5 heteroatoms. The highest BCUT2D eigenvalue weighted by molar-refractivity contribution is 5.85. The van der Waals surface area contributed by atoms with Crippen molar-refractivity contribution in [2.75, 3.05) is 7.11 Å². The summed E-state index contributed by atoms with van der Waals surface area (Å²) >= 11 is 0. The second-order valence-electron chi connectivity index (χ2n) is 0. The molecule has 0 unspecified atom stereocenters. The van der Waals surface area contributed by atoms with Crippen LogP contribution in [0, 0.1) is 0 Å². The number of hydrogen-bond donors (Lipinski definition) is 3. The minimum absolute atomic E-state index is 0. The molecule has 0 aliphatic rings. The lowest BCUT2D eigenvalue weighted by Gasteiger charge is -1.27. The predicted octanol–water partition coefficient (Wildman–Crippen LogP) is -1.98. The van der Waals surface area contributed by atoms with E-state index in [0.717, 1.165) is 7.11 Å². The molecule has 0 radical (unpaired) electrons. The standard InChI is InChI=1S/CH4O.ClH.H4N2.H2O/c1-2;;1-2;/h2H,1H3;1H;1-2H2;1H2. The van der Waals surface area contributed by atoms with E-state index in [1.165, 1.54) is 0 Å². The predicted molar refractivity (Wildman–Crippen MR) is 27.4 cm³/mol. The Morgan fingerprint density at radius 2 is 1.17 bits per heavy atom. The molecule has 0 bridgehead atoms. The lowest BCUT2D eigenvalue weighted by Crippen LogP contribution is -2.02. The summed E-state index contributed by atoms with van der Waals surface area (Å²) in [7, 11) is 1.00. The fourth-order valence-electron chi connectivity index (χ4n) is 0. The van der Waals surface area contributed by atoms with Crippen LogP contribution in [-0.2, 0) is 0 Å². The summed E-state index contributed by atoms with van der Waals surface area (Å²) in [6.07, 6.45) is 0. The van der Waals surface area contributed by atoms with Crippen molar-refractivity contribution in [3.05, 3.63) is 0 Å². The van der Waals surface area contributed by atoms with Gasteiger partial charge < -0.3 is 10.6 Å². The van der Waals surface area contributed by atoms with Crippen molar-refractivity contribution >= 4 is 12.4 Å². The third-order valence-corrected chi connectivity index (χ3v) is 0. The van der Waals surface area contributed by atoms with E-state index >= 15 is 0 Å². The van der Waals surface area contributed by atoms with Gasteiger partial charge in [0.05, 0.1) is 0 Å². The molecule has 0 aromatic rings. The Balaban J connectivity index is -0.00000000500. The number of halogens is 1. The van der Waals surface area contributed by atoms with Gasteiger partial charge in [0.2, 0.25) is 0 Å². The fourth-order valence-corrected chi connectivity index (χ4v) is 0. The Hall–Kier alpha value is 0.130. The molecule has 4 nitrogen and oxygen atoms in total. The van der Waals surface area contributed by atoms with Crippen LogP contribution in [0.1, 0.15) is 0 Å². The molecule has 0 saturated heterocycles. The molecule has 0 aromatic carbocycles. The van der Waals surface area contributed by atoms with E-state index in [4.69, 9.17) is 5.11 Å². The summed E-state index contributed by atoms with van der Waals surface area (Å²) in [6.45, 7) is 0. The number of hydrazine groups is 1. The second kappa shape index (κ2) is 5180. The number of hydrogen-bond acceptors (Lipinski definition) is 3. The van der Waals surface area contributed by atoms with Crippen LogP contribution in [0.25, 0.3) is 0 Å². The maximum Gasteiger partial charge on any atom is 0.0319 e. The van der Waals surface area contributed by atoms with Gasteiger partial charge in [-0.25, -0.2) is 0 Å². The topological polar surface area (TPSA) is 104 Å². The van der Waals surface area contributed by atoms with Gasteiger partial charge in [0, 0.05) is 7.11 Å². The lowest BCUT2D eigenvalue weighted by atomic mass is 11.8. The molecule has 0 fully saturated rings. The van der Waals surface area contributed by atoms with Crippen LogP contribution in [0.15, 0.2) is 0 Å². The van der Waals surface area contributed by atoms with E-state index < -0.39 is 0 Å². The zero-order valence-electron chi connectivity index (χ0n) is 3.51. The van der Waals surface area contributed by atoms with Crippen molar-refractivity contribution in [1.29, 1.82) is 0 Å². The van der Waals surface area contributed by atoms with E-state index in [1.807, 2.05) is 0 Å². The smallest absolute Gasteiger partial charge is 0.0319 e. The van der Waals surface area contributed by atoms with Crippen LogP contribution in [0.5, 0.6) is 0 Å². The van der Waals surface area contributed by atoms with Crippen molar-refractivity contribution in [3.63, 3.8) is 0 Å². The average molecular weight is 119 g/mol. The summed E-state index contributed by atoms with van der Waals surface area (Å²) in [4.78, 5) is 0. The highest BCUT2D eigenvalue weighted by Gasteiger charge is 0.839. The highest BCUT2D eigenvalue weighted by Crippen LogP contribution is 0.755. The van der Waals surface area contributed by atoms with Crippen LogP contribution in [0.3, 0.4) is 0 Å². The summed E-state index contributed by atoms with van der Waals surface area (Å²) in [5.41, 5.74) is 0. The minimum atomic E-state index is 0. The summed E-state index contributed by atoms with van der Waals surface area (Å²) < 4.78 is 0. The van der Waals surface area contributed by atoms with Gasteiger partial charge >= 0.3 is 0 Å². The zero-order valence-corrected chi connectivity index (χ0v) is 4.33. The molecule has 0 aromatic heterocycles. The molecule has 0 spiro atoms. The van der Waals surface area contributed by atoms with Crippen molar-refractivity contribution in [2.45, 2.75) is 0 Å². The van der Waals surface area contributed by atoms with Gasteiger partial charge in [-0.1, -0.05) is 0 Å². The van der Waals surface area contributed by atoms with Crippen molar-refractivity contribution < 1.29 is 10.6 Å². The third kappa shape index (κ3) is 2390. The average Bonchev–Trinajstić information content (AvgIpc) is 1.50. The monoisotopic (exact) mass is 118 g/mol. The van der Waals surface area contributed by atoms with Gasteiger partial charge in [-0.2, -0.15) is 0 Å². The van der Waals surface area contributed by atoms with Crippen LogP contribution >= 0.6 is 12.4 Å². The summed E-state index contributed by atoms with van der Waals surface area (Å²) in [5, 5.41) is 7.00. The van der Waals surface area contributed by atoms with Crippen molar-refractivity contribution in [2.24, 2.45) is 11.7 Å². The molecule has 0 atom stereocenters. The largest absolute Gasteiger partial charge is 0.412 e. The van der Waals surface area contributed by atoms with Crippen LogP contribution in [0.4, 0.5) is 0 Å². The normalized spacial score (nSPS) is 2.00. The number of nitrogens with two attached hydrogens (primary N) is 2. The molecule has 44 valence electrons.